The molecule has 1 unspecified atom stereocenters. The van der Waals surface area contributed by atoms with Gasteiger partial charge in [-0.15, -0.1) is 11.3 Å². The molecule has 1 atom stereocenters. The van der Waals surface area contributed by atoms with Gasteiger partial charge in [0, 0.05) is 14.7 Å². The first-order chi connectivity index (χ1) is 9.20. The summed E-state index contributed by atoms with van der Waals surface area (Å²) in [4.78, 5) is 13.1. The average molecular weight is 335 g/mol. The van der Waals surface area contributed by atoms with Crippen molar-refractivity contribution < 1.29 is 4.79 Å². The Balaban J connectivity index is 2.00. The molecule has 1 N–H and O–H groups in total. The highest BCUT2D eigenvalue weighted by atomic mass is 79.9. The van der Waals surface area contributed by atoms with Crippen LogP contribution in [0, 0.1) is 11.3 Å². The van der Waals surface area contributed by atoms with Crippen molar-refractivity contribution in [3.63, 3.8) is 0 Å². The second-order valence-electron chi connectivity index (χ2n) is 3.92. The van der Waals surface area contributed by atoms with E-state index in [2.05, 4.69) is 21.2 Å². The van der Waals surface area contributed by atoms with Crippen LogP contribution < -0.4 is 5.32 Å². The lowest BCUT2D eigenvalue weighted by molar-refractivity contribution is -0.121. The first-order valence-corrected chi connectivity index (χ1v) is 7.33. The molecule has 0 spiro atoms. The molecule has 2 aromatic rings. The highest BCUT2D eigenvalue weighted by Gasteiger charge is 2.19. The Hall–Kier alpha value is -1.64. The molecule has 0 aliphatic carbocycles. The van der Waals surface area contributed by atoms with Crippen LogP contribution >= 0.6 is 27.3 Å². The summed E-state index contributed by atoms with van der Waals surface area (Å²) in [7, 11) is 0. The molecule has 0 fully saturated rings. The predicted molar refractivity (Wildman–Crippen MR) is 78.7 cm³/mol. The molecule has 3 nitrogen and oxygen atoms in total. The number of thiophene rings is 1. The van der Waals surface area contributed by atoms with Crippen molar-refractivity contribution in [2.45, 2.75) is 12.5 Å². The number of halogens is 1. The summed E-state index contributed by atoms with van der Waals surface area (Å²) < 4.78 is 1.00. The third-order valence-corrected chi connectivity index (χ3v) is 4.28. The Labute approximate surface area is 124 Å². The van der Waals surface area contributed by atoms with Crippen molar-refractivity contribution in [2.24, 2.45) is 0 Å². The van der Waals surface area contributed by atoms with E-state index in [1.54, 1.807) is 23.5 Å². The van der Waals surface area contributed by atoms with Crippen molar-refractivity contribution in [1.29, 1.82) is 5.26 Å². The maximum absolute atomic E-state index is 12.0. The van der Waals surface area contributed by atoms with E-state index < -0.39 is 5.92 Å². The molecule has 1 amide bonds. The normalized spacial score (nSPS) is 11.6. The number of carbonyl (C=O) groups excluding carboxylic acids is 1. The minimum Gasteiger partial charge on any atom is -0.350 e. The van der Waals surface area contributed by atoms with E-state index >= 15 is 0 Å². The SMILES string of the molecule is N#CC(C(=O)NCc1cc(Br)cs1)c1ccccc1. The predicted octanol–water partition coefficient (Wildman–Crippen LogP) is 3.43. The zero-order valence-electron chi connectivity index (χ0n) is 9.97. The van der Waals surface area contributed by atoms with Gasteiger partial charge in [-0.1, -0.05) is 30.3 Å². The fourth-order valence-electron chi connectivity index (χ4n) is 1.65. The number of carbonyl (C=O) groups is 1. The molecule has 5 heteroatoms. The summed E-state index contributed by atoms with van der Waals surface area (Å²) >= 11 is 4.93. The van der Waals surface area contributed by atoms with Crippen molar-refractivity contribution in [3.05, 3.63) is 56.7 Å². The maximum atomic E-state index is 12.0. The zero-order chi connectivity index (χ0) is 13.7. The van der Waals surface area contributed by atoms with Crippen LogP contribution in [0.25, 0.3) is 0 Å². The summed E-state index contributed by atoms with van der Waals surface area (Å²) in [5.41, 5.74) is 0.717. The standard InChI is InChI=1S/C14H11BrN2OS/c15-11-6-12(19-9-11)8-17-14(18)13(7-16)10-4-2-1-3-5-10/h1-6,9,13H,8H2,(H,17,18). The molecule has 96 valence electrons. The summed E-state index contributed by atoms with van der Waals surface area (Å²) in [6.07, 6.45) is 0. The van der Waals surface area contributed by atoms with Crippen molar-refractivity contribution in [1.82, 2.24) is 5.32 Å². The molecule has 0 saturated carbocycles. The number of amides is 1. The third kappa shape index (κ3) is 3.66. The highest BCUT2D eigenvalue weighted by Crippen LogP contribution is 2.20. The topological polar surface area (TPSA) is 52.9 Å². The Morgan fingerprint density at radius 3 is 2.74 bits per heavy atom. The van der Waals surface area contributed by atoms with Crippen molar-refractivity contribution in [2.75, 3.05) is 0 Å². The number of hydrogen-bond acceptors (Lipinski definition) is 3. The smallest absolute Gasteiger partial charge is 0.242 e. The minimum atomic E-state index is -0.760. The third-order valence-electron chi connectivity index (χ3n) is 2.58. The number of nitrogens with zero attached hydrogens (tertiary/aromatic N) is 1. The Kier molecular flexibility index (Phi) is 4.72. The van der Waals surface area contributed by atoms with Crippen LogP contribution in [-0.4, -0.2) is 5.91 Å². The molecule has 0 saturated heterocycles. The summed E-state index contributed by atoms with van der Waals surface area (Å²) in [5, 5.41) is 13.9. The van der Waals surface area contributed by atoms with Crippen LogP contribution in [0.5, 0.6) is 0 Å². The minimum absolute atomic E-state index is 0.266. The van der Waals surface area contributed by atoms with E-state index in [1.165, 1.54) is 0 Å². The lowest BCUT2D eigenvalue weighted by Gasteiger charge is -2.09. The number of hydrogen-bond donors (Lipinski definition) is 1. The fourth-order valence-corrected chi connectivity index (χ4v) is 3.04. The van der Waals surface area contributed by atoms with Crippen molar-refractivity contribution in [3.8, 4) is 6.07 Å². The zero-order valence-corrected chi connectivity index (χ0v) is 12.4. The molecular weight excluding hydrogens is 324 g/mol. The Bertz CT molecular complexity index is 603. The Morgan fingerprint density at radius 2 is 2.16 bits per heavy atom. The first kappa shape index (κ1) is 13.8. The van der Waals surface area contributed by atoms with Crippen LogP contribution in [0.2, 0.25) is 0 Å². The number of benzene rings is 1. The largest absolute Gasteiger partial charge is 0.350 e. The van der Waals surface area contributed by atoms with Gasteiger partial charge in [0.05, 0.1) is 12.6 Å². The van der Waals surface area contributed by atoms with E-state index in [1.807, 2.05) is 35.7 Å². The van der Waals surface area contributed by atoms with Gasteiger partial charge in [0.15, 0.2) is 0 Å². The van der Waals surface area contributed by atoms with Gasteiger partial charge >= 0.3 is 0 Å². The summed E-state index contributed by atoms with van der Waals surface area (Å²) in [6.45, 7) is 0.445. The van der Waals surface area contributed by atoms with Crippen LogP contribution in [0.4, 0.5) is 0 Å². The van der Waals surface area contributed by atoms with Gasteiger partial charge in [0.2, 0.25) is 5.91 Å². The van der Waals surface area contributed by atoms with E-state index in [-0.39, 0.29) is 5.91 Å². The van der Waals surface area contributed by atoms with Crippen LogP contribution in [0.3, 0.4) is 0 Å². The molecular formula is C14H11BrN2OS. The fraction of sp³-hybridized carbons (Fsp3) is 0.143. The van der Waals surface area contributed by atoms with Gasteiger partial charge in [0.1, 0.15) is 5.92 Å². The average Bonchev–Trinajstić information content (AvgIpc) is 2.84. The lowest BCUT2D eigenvalue weighted by atomic mass is 10.00. The quantitative estimate of drug-likeness (QED) is 0.931. The molecule has 1 aromatic heterocycles. The number of rotatable bonds is 4. The molecule has 0 aliphatic rings. The van der Waals surface area contributed by atoms with Gasteiger partial charge in [-0.2, -0.15) is 5.26 Å². The number of nitriles is 1. The van der Waals surface area contributed by atoms with E-state index in [0.29, 0.717) is 6.54 Å². The van der Waals surface area contributed by atoms with Gasteiger partial charge in [-0.25, -0.2) is 0 Å². The van der Waals surface area contributed by atoms with Gasteiger partial charge in [-0.3, -0.25) is 4.79 Å². The second kappa shape index (κ2) is 6.50. The Morgan fingerprint density at radius 1 is 1.42 bits per heavy atom. The summed E-state index contributed by atoms with van der Waals surface area (Å²) in [5.74, 6) is -1.03. The van der Waals surface area contributed by atoms with Crippen LogP contribution in [0.1, 0.15) is 16.4 Å². The summed E-state index contributed by atoms with van der Waals surface area (Å²) in [6, 6.07) is 13.1. The van der Waals surface area contributed by atoms with Crippen molar-refractivity contribution >= 4 is 33.2 Å². The molecule has 0 bridgehead atoms. The molecule has 2 rings (SSSR count). The molecule has 0 radical (unpaired) electrons. The monoisotopic (exact) mass is 334 g/mol. The molecule has 1 heterocycles. The molecule has 1 aromatic carbocycles. The number of nitrogens with one attached hydrogen (secondary N) is 1. The van der Waals surface area contributed by atoms with E-state index in [0.717, 1.165) is 14.9 Å². The van der Waals surface area contributed by atoms with Gasteiger partial charge in [0.25, 0.3) is 0 Å². The van der Waals surface area contributed by atoms with E-state index in [9.17, 15) is 4.79 Å². The van der Waals surface area contributed by atoms with E-state index in [4.69, 9.17) is 5.26 Å². The molecule has 0 aliphatic heterocycles. The van der Waals surface area contributed by atoms with Crippen LogP contribution in [-0.2, 0) is 11.3 Å². The second-order valence-corrected chi connectivity index (χ2v) is 5.83. The highest BCUT2D eigenvalue weighted by molar-refractivity contribution is 9.10. The van der Waals surface area contributed by atoms with Gasteiger partial charge < -0.3 is 5.32 Å². The van der Waals surface area contributed by atoms with Gasteiger partial charge in [-0.05, 0) is 27.6 Å². The maximum Gasteiger partial charge on any atom is 0.242 e. The first-order valence-electron chi connectivity index (χ1n) is 5.66. The van der Waals surface area contributed by atoms with Crippen LogP contribution in [0.15, 0.2) is 46.3 Å². The lowest BCUT2D eigenvalue weighted by Crippen LogP contribution is -2.27. The molecule has 19 heavy (non-hydrogen) atoms.